The van der Waals surface area contributed by atoms with E-state index < -0.39 is 0 Å². The number of rotatable bonds is 6. The average molecular weight is 226 g/mol. The van der Waals surface area contributed by atoms with Crippen molar-refractivity contribution in [3.63, 3.8) is 0 Å². The van der Waals surface area contributed by atoms with Gasteiger partial charge in [-0.1, -0.05) is 6.92 Å². The Morgan fingerprint density at radius 2 is 2.20 bits per heavy atom. The van der Waals surface area contributed by atoms with Gasteiger partial charge in [-0.05, 0) is 25.5 Å². The van der Waals surface area contributed by atoms with E-state index in [0.29, 0.717) is 6.42 Å². The van der Waals surface area contributed by atoms with E-state index >= 15 is 0 Å². The van der Waals surface area contributed by atoms with Crippen molar-refractivity contribution in [1.82, 2.24) is 5.32 Å². The summed E-state index contributed by atoms with van der Waals surface area (Å²) in [7, 11) is 0. The lowest BCUT2D eigenvalue weighted by molar-refractivity contribution is -0.118. The Kier molecular flexibility index (Phi) is 4.78. The molecule has 0 bridgehead atoms. The summed E-state index contributed by atoms with van der Waals surface area (Å²) in [5.74, 6) is -0.254. The van der Waals surface area contributed by atoms with Crippen LogP contribution < -0.4 is 11.1 Å². The summed E-state index contributed by atoms with van der Waals surface area (Å²) >= 11 is 1.82. The fourth-order valence-corrected chi connectivity index (χ4v) is 2.26. The number of thiophene rings is 1. The van der Waals surface area contributed by atoms with E-state index in [1.807, 2.05) is 18.3 Å². The summed E-state index contributed by atoms with van der Waals surface area (Å²) in [5.41, 5.74) is 5.11. The van der Waals surface area contributed by atoms with E-state index in [1.165, 1.54) is 9.75 Å². The second-order valence-electron chi connectivity index (χ2n) is 3.67. The lowest BCUT2D eigenvalue weighted by Gasteiger charge is -2.10. The molecule has 0 saturated heterocycles. The first kappa shape index (κ1) is 12.2. The molecule has 1 unspecified atom stereocenters. The van der Waals surface area contributed by atoms with Gasteiger partial charge in [0.05, 0.1) is 0 Å². The normalized spacial score (nSPS) is 12.7. The quantitative estimate of drug-likeness (QED) is 0.775. The van der Waals surface area contributed by atoms with Gasteiger partial charge in [-0.2, -0.15) is 0 Å². The lowest BCUT2D eigenvalue weighted by atomic mass is 10.2. The molecule has 1 aromatic heterocycles. The maximum Gasteiger partial charge on any atom is 0.218 e. The van der Waals surface area contributed by atoms with Crippen LogP contribution in [0.15, 0.2) is 12.1 Å². The van der Waals surface area contributed by atoms with Gasteiger partial charge in [0.1, 0.15) is 0 Å². The molecule has 15 heavy (non-hydrogen) atoms. The highest BCUT2D eigenvalue weighted by Crippen LogP contribution is 2.16. The highest BCUT2D eigenvalue weighted by Gasteiger charge is 2.05. The maximum atomic E-state index is 10.7. The van der Waals surface area contributed by atoms with Crippen LogP contribution in [0, 0.1) is 0 Å². The molecule has 1 atom stereocenters. The molecule has 1 heterocycles. The number of carbonyl (C=O) groups is 1. The second kappa shape index (κ2) is 5.88. The zero-order valence-electron chi connectivity index (χ0n) is 9.25. The molecule has 4 heteroatoms. The van der Waals surface area contributed by atoms with E-state index in [1.54, 1.807) is 0 Å². The zero-order valence-corrected chi connectivity index (χ0v) is 10.1. The van der Waals surface area contributed by atoms with Gasteiger partial charge < -0.3 is 11.1 Å². The maximum absolute atomic E-state index is 10.7. The Bertz CT molecular complexity index is 322. The third-order valence-corrected chi connectivity index (χ3v) is 3.43. The summed E-state index contributed by atoms with van der Waals surface area (Å²) in [6, 6.07) is 4.43. The van der Waals surface area contributed by atoms with Gasteiger partial charge >= 0.3 is 0 Å². The molecule has 0 aliphatic heterocycles. The van der Waals surface area contributed by atoms with E-state index in [0.717, 1.165) is 13.0 Å². The smallest absolute Gasteiger partial charge is 0.218 e. The van der Waals surface area contributed by atoms with Crippen molar-refractivity contribution in [2.45, 2.75) is 39.3 Å². The Hall–Kier alpha value is -0.870. The van der Waals surface area contributed by atoms with Crippen LogP contribution in [0.5, 0.6) is 0 Å². The minimum atomic E-state index is -0.254. The second-order valence-corrected chi connectivity index (χ2v) is 4.93. The highest BCUT2D eigenvalue weighted by atomic mass is 32.1. The predicted molar refractivity (Wildman–Crippen MR) is 63.8 cm³/mol. The Balaban J connectivity index is 2.33. The number of aryl methyl sites for hydroxylation is 1. The van der Waals surface area contributed by atoms with Gasteiger partial charge in [0.25, 0.3) is 0 Å². The van der Waals surface area contributed by atoms with E-state index in [4.69, 9.17) is 5.73 Å². The van der Waals surface area contributed by atoms with Crippen LogP contribution >= 0.6 is 11.3 Å². The molecule has 1 aromatic rings. The first-order valence-electron chi connectivity index (χ1n) is 5.21. The minimum Gasteiger partial charge on any atom is -0.370 e. The Morgan fingerprint density at radius 1 is 1.53 bits per heavy atom. The summed E-state index contributed by atoms with van der Waals surface area (Å²) < 4.78 is 0. The van der Waals surface area contributed by atoms with Crippen molar-refractivity contribution in [2.75, 3.05) is 0 Å². The number of primary amides is 1. The van der Waals surface area contributed by atoms with Crippen LogP contribution in [0.25, 0.3) is 0 Å². The number of nitrogens with one attached hydrogen (secondary N) is 1. The summed E-state index contributed by atoms with van der Waals surface area (Å²) in [5, 5.41) is 3.28. The van der Waals surface area contributed by atoms with Gasteiger partial charge in [-0.25, -0.2) is 0 Å². The van der Waals surface area contributed by atoms with Crippen molar-refractivity contribution in [1.29, 1.82) is 0 Å². The van der Waals surface area contributed by atoms with Crippen LogP contribution in [-0.2, 0) is 17.8 Å². The van der Waals surface area contributed by atoms with Crippen molar-refractivity contribution in [2.24, 2.45) is 5.73 Å². The average Bonchev–Trinajstić information content (AvgIpc) is 2.61. The van der Waals surface area contributed by atoms with Crippen molar-refractivity contribution in [3.05, 3.63) is 21.9 Å². The minimum absolute atomic E-state index is 0.148. The molecule has 1 amide bonds. The topological polar surface area (TPSA) is 55.1 Å². The molecular weight excluding hydrogens is 208 g/mol. The van der Waals surface area contributed by atoms with Gasteiger partial charge in [0.2, 0.25) is 5.91 Å². The molecule has 0 aliphatic rings. The first-order chi connectivity index (χ1) is 7.11. The van der Waals surface area contributed by atoms with E-state index in [-0.39, 0.29) is 11.9 Å². The van der Waals surface area contributed by atoms with Gasteiger partial charge in [0.15, 0.2) is 0 Å². The fourth-order valence-electron chi connectivity index (χ4n) is 1.36. The summed E-state index contributed by atoms with van der Waals surface area (Å²) in [4.78, 5) is 13.4. The number of hydrogen-bond acceptors (Lipinski definition) is 3. The SMILES string of the molecule is CCc1ccc(CNC(C)CC(N)=O)s1. The predicted octanol–water partition coefficient (Wildman–Crippen LogP) is 1.66. The monoisotopic (exact) mass is 226 g/mol. The molecule has 0 spiro atoms. The Morgan fingerprint density at radius 3 is 2.73 bits per heavy atom. The Labute approximate surface area is 94.7 Å². The van der Waals surface area contributed by atoms with Gasteiger partial charge in [-0.3, -0.25) is 4.79 Å². The number of amides is 1. The van der Waals surface area contributed by atoms with Gasteiger partial charge in [0, 0.05) is 28.8 Å². The standard InChI is InChI=1S/C11H18N2OS/c1-3-9-4-5-10(15-9)7-13-8(2)6-11(12)14/h4-5,8,13H,3,6-7H2,1-2H3,(H2,12,14). The molecule has 84 valence electrons. The largest absolute Gasteiger partial charge is 0.370 e. The van der Waals surface area contributed by atoms with E-state index in [2.05, 4.69) is 24.4 Å². The highest BCUT2D eigenvalue weighted by molar-refractivity contribution is 7.11. The molecule has 0 fully saturated rings. The van der Waals surface area contributed by atoms with Crippen LogP contribution in [-0.4, -0.2) is 11.9 Å². The van der Waals surface area contributed by atoms with Crippen molar-refractivity contribution >= 4 is 17.2 Å². The summed E-state index contributed by atoms with van der Waals surface area (Å²) in [6.45, 7) is 4.94. The molecular formula is C11H18N2OS. The van der Waals surface area contributed by atoms with Crippen LogP contribution in [0.2, 0.25) is 0 Å². The lowest BCUT2D eigenvalue weighted by Crippen LogP contribution is -2.30. The molecule has 0 aromatic carbocycles. The number of hydrogen-bond donors (Lipinski definition) is 2. The number of carbonyl (C=O) groups excluding carboxylic acids is 1. The first-order valence-corrected chi connectivity index (χ1v) is 6.02. The third kappa shape index (κ3) is 4.44. The van der Waals surface area contributed by atoms with Crippen LogP contribution in [0.1, 0.15) is 30.0 Å². The fraction of sp³-hybridized carbons (Fsp3) is 0.545. The molecule has 0 aliphatic carbocycles. The molecule has 0 saturated carbocycles. The molecule has 1 rings (SSSR count). The third-order valence-electron chi connectivity index (χ3n) is 2.20. The van der Waals surface area contributed by atoms with Crippen LogP contribution in [0.3, 0.4) is 0 Å². The van der Waals surface area contributed by atoms with Gasteiger partial charge in [-0.15, -0.1) is 11.3 Å². The molecule has 0 radical (unpaired) electrons. The molecule has 3 N–H and O–H groups in total. The number of nitrogens with two attached hydrogens (primary N) is 1. The van der Waals surface area contributed by atoms with E-state index in [9.17, 15) is 4.79 Å². The van der Waals surface area contributed by atoms with Crippen molar-refractivity contribution in [3.8, 4) is 0 Å². The zero-order chi connectivity index (χ0) is 11.3. The van der Waals surface area contributed by atoms with Crippen LogP contribution in [0.4, 0.5) is 0 Å². The molecule has 3 nitrogen and oxygen atoms in total. The summed E-state index contributed by atoms with van der Waals surface area (Å²) in [6.07, 6.45) is 1.48. The van der Waals surface area contributed by atoms with Crippen molar-refractivity contribution < 1.29 is 4.79 Å².